The van der Waals surface area contributed by atoms with E-state index in [0.717, 1.165) is 85.1 Å². The molecule has 82 heavy (non-hydrogen) atoms. The summed E-state index contributed by atoms with van der Waals surface area (Å²) in [5, 5.41) is 40.5. The number of rotatable bonds is 49. The number of nitrogens with one attached hydrogen (secondary N) is 12. The molecular formula is C69H168N12O. The van der Waals surface area contributed by atoms with Crippen molar-refractivity contribution in [3.8, 4) is 0 Å². The summed E-state index contributed by atoms with van der Waals surface area (Å²) < 4.78 is 4.83. The molecule has 0 aliphatic carbocycles. The molecule has 0 unspecified atom stereocenters. The van der Waals surface area contributed by atoms with Gasteiger partial charge in [-0.3, -0.25) is 0 Å². The normalized spacial score (nSPS) is 10.7. The first kappa shape index (κ1) is 100. The van der Waals surface area contributed by atoms with Crippen molar-refractivity contribution in [2.45, 2.75) is 337 Å². The summed E-state index contributed by atoms with van der Waals surface area (Å²) in [6, 6.07) is 5.05. The van der Waals surface area contributed by atoms with Crippen LogP contribution < -0.4 is 63.8 Å². The van der Waals surface area contributed by atoms with E-state index >= 15 is 0 Å². The number of hydrogen-bond donors (Lipinski definition) is 12. The maximum atomic E-state index is 4.83. The summed E-state index contributed by atoms with van der Waals surface area (Å²) in [5.41, 5.74) is 0. The van der Waals surface area contributed by atoms with Gasteiger partial charge in [0.1, 0.15) is 0 Å². The Bertz CT molecular complexity index is 915. The van der Waals surface area contributed by atoms with Crippen molar-refractivity contribution in [2.75, 3.05) is 118 Å². The zero-order valence-electron chi connectivity index (χ0n) is 60.5. The molecule has 0 aliphatic rings. The molecule has 0 aromatic rings. The highest BCUT2D eigenvalue weighted by Crippen LogP contribution is 1.98. The van der Waals surface area contributed by atoms with E-state index in [1.807, 2.05) is 0 Å². The van der Waals surface area contributed by atoms with Gasteiger partial charge in [-0.05, 0) is 169 Å². The number of methoxy groups -OCH3 is 1. The zero-order chi connectivity index (χ0) is 63.3. The second-order valence-electron chi connectivity index (χ2n) is 24.1. The molecule has 0 aliphatic heterocycles. The molecule has 0 fully saturated rings. The van der Waals surface area contributed by atoms with E-state index in [-0.39, 0.29) is 7.43 Å². The first-order valence-corrected chi connectivity index (χ1v) is 34.9. The lowest BCUT2D eigenvalue weighted by molar-refractivity contribution is 0.197. The lowest BCUT2D eigenvalue weighted by Crippen LogP contribution is -2.28. The largest absolute Gasteiger partial charge is 0.383 e. The van der Waals surface area contributed by atoms with Gasteiger partial charge in [-0.1, -0.05) is 218 Å². The lowest BCUT2D eigenvalue weighted by Gasteiger charge is -2.08. The second kappa shape index (κ2) is 96.8. The van der Waals surface area contributed by atoms with Crippen molar-refractivity contribution >= 4 is 0 Å². The van der Waals surface area contributed by atoms with Crippen molar-refractivity contribution in [2.24, 2.45) is 0 Å². The molecule has 510 valence electrons. The summed E-state index contributed by atoms with van der Waals surface area (Å²) in [4.78, 5) is 0. The highest BCUT2D eigenvalue weighted by Gasteiger charge is 1.96. The van der Waals surface area contributed by atoms with Gasteiger partial charge in [0, 0.05) is 62.0 Å². The maximum absolute atomic E-state index is 4.83. The van der Waals surface area contributed by atoms with Crippen LogP contribution in [0, 0.1) is 0 Å². The predicted octanol–water partition coefficient (Wildman–Crippen LogP) is 14.1. The molecule has 0 amide bonds. The third-order valence-electron chi connectivity index (χ3n) is 11.4. The average molecular weight is 1180 g/mol. The van der Waals surface area contributed by atoms with Gasteiger partial charge in [0.15, 0.2) is 0 Å². The van der Waals surface area contributed by atoms with Gasteiger partial charge in [-0.25, -0.2) is 0 Å². The van der Waals surface area contributed by atoms with E-state index in [1.165, 1.54) is 148 Å². The number of hydrogen-bond acceptors (Lipinski definition) is 13. The first-order valence-electron chi connectivity index (χ1n) is 34.9. The highest BCUT2D eigenvalue weighted by atomic mass is 16.5. The van der Waals surface area contributed by atoms with Gasteiger partial charge in [-0.15, -0.1) is 0 Å². The van der Waals surface area contributed by atoms with E-state index in [1.54, 1.807) is 7.11 Å². The topological polar surface area (TPSA) is 154 Å². The Hall–Kier alpha value is -0.520. The van der Waals surface area contributed by atoms with E-state index in [9.17, 15) is 0 Å². The fourth-order valence-electron chi connectivity index (χ4n) is 6.63. The molecular weight excluding hydrogens is 1010 g/mol. The van der Waals surface area contributed by atoms with Crippen LogP contribution in [-0.4, -0.2) is 167 Å². The minimum atomic E-state index is 0. The minimum Gasteiger partial charge on any atom is -0.383 e. The second-order valence-corrected chi connectivity index (χ2v) is 24.1. The lowest BCUT2D eigenvalue weighted by atomic mass is 10.2. The van der Waals surface area contributed by atoms with Crippen LogP contribution in [0.1, 0.15) is 289 Å². The molecule has 12 N–H and O–H groups in total. The van der Waals surface area contributed by atoms with E-state index in [2.05, 4.69) is 223 Å². The van der Waals surface area contributed by atoms with Crippen LogP contribution in [0.5, 0.6) is 0 Å². The summed E-state index contributed by atoms with van der Waals surface area (Å²) >= 11 is 0. The van der Waals surface area contributed by atoms with E-state index < -0.39 is 0 Å². The first-order chi connectivity index (χ1) is 38.7. The van der Waals surface area contributed by atoms with Crippen LogP contribution in [0.2, 0.25) is 0 Å². The highest BCUT2D eigenvalue weighted by molar-refractivity contribution is 4.59. The van der Waals surface area contributed by atoms with Crippen molar-refractivity contribution in [1.82, 2.24) is 63.8 Å². The van der Waals surface area contributed by atoms with Crippen LogP contribution in [0.25, 0.3) is 0 Å². The molecule has 13 heteroatoms. The van der Waals surface area contributed by atoms with Crippen molar-refractivity contribution in [1.29, 1.82) is 0 Å². The SMILES string of the molecule is C.CCCCCCNC(C)C.CCCCCCNC(C)C.CCCCNCCCNC(C)C.CCCCNCCCNCCCNC(C)C.CCCNC(C)C.CCCNC(C)C.CCCNCCCNC(C)C.COCCNC(C)C. The molecule has 0 saturated heterocycles. The van der Waals surface area contributed by atoms with Gasteiger partial charge in [-0.2, -0.15) is 0 Å². The molecule has 13 nitrogen and oxygen atoms in total. The molecule has 0 saturated carbocycles. The van der Waals surface area contributed by atoms with E-state index in [0.29, 0.717) is 48.3 Å². The molecule has 0 rings (SSSR count). The van der Waals surface area contributed by atoms with Crippen molar-refractivity contribution in [3.05, 3.63) is 0 Å². The summed E-state index contributed by atoms with van der Waals surface area (Å²) in [6.07, 6.45) is 24.7. The van der Waals surface area contributed by atoms with Gasteiger partial charge in [0.2, 0.25) is 0 Å². The van der Waals surface area contributed by atoms with E-state index in [4.69, 9.17) is 4.74 Å². The van der Waals surface area contributed by atoms with Gasteiger partial charge in [0.05, 0.1) is 6.61 Å². The Morgan fingerprint density at radius 3 is 0.634 bits per heavy atom. The number of ether oxygens (including phenoxy) is 1. The maximum Gasteiger partial charge on any atom is 0.0587 e. The van der Waals surface area contributed by atoms with Gasteiger partial charge < -0.3 is 68.5 Å². The Labute approximate surface area is 521 Å². The fraction of sp³-hybridized carbons (Fsp3) is 1.00. The minimum absolute atomic E-state index is 0. The average Bonchev–Trinajstić information content (AvgIpc) is 3.40. The Balaban J connectivity index is -0.000000107. The summed E-state index contributed by atoms with van der Waals surface area (Å²) in [6.45, 7) is 69.3. The number of unbranched alkanes of at least 4 members (excludes halogenated alkanes) is 8. The van der Waals surface area contributed by atoms with Gasteiger partial charge in [0.25, 0.3) is 0 Å². The third kappa shape index (κ3) is 153. The molecule has 0 atom stereocenters. The van der Waals surface area contributed by atoms with Crippen LogP contribution >= 0.6 is 0 Å². The Morgan fingerprint density at radius 2 is 0.415 bits per heavy atom. The van der Waals surface area contributed by atoms with Crippen LogP contribution in [0.3, 0.4) is 0 Å². The monoisotopic (exact) mass is 1180 g/mol. The van der Waals surface area contributed by atoms with Crippen molar-refractivity contribution in [3.63, 3.8) is 0 Å². The molecule has 0 radical (unpaired) electrons. The molecule has 0 aromatic carbocycles. The van der Waals surface area contributed by atoms with Crippen LogP contribution in [0.15, 0.2) is 0 Å². The molecule has 0 bridgehead atoms. The third-order valence-corrected chi connectivity index (χ3v) is 11.4. The zero-order valence-corrected chi connectivity index (χ0v) is 60.5. The smallest absolute Gasteiger partial charge is 0.0587 e. The molecule has 0 heterocycles. The standard InChI is InChI=1S/C13H31N3.C10H24N2.C9H22N2.2C9H21N.C6H15NO.2C6H15N.CH4/c1-4-5-8-14-9-6-10-15-11-7-12-16-13(2)3;1-4-5-7-11-8-6-9-12-10(2)3;1-4-6-10-7-5-8-11-9(2)3;2*1-4-5-6-7-8-10-9(2)3;1-6(2)7-4-5-8-3;2*1-4-5-7-6(2)3;/h13-16H,4-12H2,1-3H3;10-12H,4-9H2,1-3H3;9-11H,4-8H2,1-3H3;2*9-10H,4-8H2,1-3H3;6-7H,4-5H2,1-3H3;2*6-7H,4-5H2,1-3H3;1H4. The van der Waals surface area contributed by atoms with Crippen LogP contribution in [0.4, 0.5) is 0 Å². The van der Waals surface area contributed by atoms with Crippen LogP contribution in [-0.2, 0) is 4.74 Å². The predicted molar refractivity (Wildman–Crippen MR) is 383 cm³/mol. The van der Waals surface area contributed by atoms with Gasteiger partial charge >= 0.3 is 0 Å². The summed E-state index contributed by atoms with van der Waals surface area (Å²) in [5.74, 6) is 0. The quantitative estimate of drug-likeness (QED) is 0.0262. The summed E-state index contributed by atoms with van der Waals surface area (Å²) in [7, 11) is 1.71. The Morgan fingerprint density at radius 1 is 0.207 bits per heavy atom. The Kier molecular flexibility index (Phi) is 119. The molecule has 0 spiro atoms. The fourth-order valence-corrected chi connectivity index (χ4v) is 6.63. The van der Waals surface area contributed by atoms with Crippen molar-refractivity contribution < 1.29 is 4.74 Å². The molecule has 0 aromatic heterocycles.